The quantitative estimate of drug-likeness (QED) is 0.694. The van der Waals surface area contributed by atoms with Crippen LogP contribution in [0.3, 0.4) is 0 Å². The number of morpholine rings is 1. The van der Waals surface area contributed by atoms with Crippen molar-refractivity contribution in [3.63, 3.8) is 0 Å². The number of hydrogen-bond acceptors (Lipinski definition) is 4. The number of carbonyl (C=O) groups is 1. The normalized spacial score (nSPS) is 22.8. The minimum atomic E-state index is -0.0992. The van der Waals surface area contributed by atoms with Crippen molar-refractivity contribution in [1.82, 2.24) is 10.3 Å². The Balaban J connectivity index is 1.60. The van der Waals surface area contributed by atoms with Crippen LogP contribution in [0.1, 0.15) is 41.7 Å². The molecular weight excluding hydrogens is 352 g/mol. The molecule has 28 heavy (non-hydrogen) atoms. The minimum absolute atomic E-state index is 0.0490. The van der Waals surface area contributed by atoms with E-state index in [9.17, 15) is 4.79 Å². The molecule has 2 fully saturated rings. The lowest BCUT2D eigenvalue weighted by molar-refractivity contribution is 0.0915. The van der Waals surface area contributed by atoms with E-state index in [2.05, 4.69) is 33.9 Å². The molecular formula is C22H28N4O2. The second kappa shape index (κ2) is 8.19. The Kier molecular flexibility index (Phi) is 5.48. The fourth-order valence-electron chi connectivity index (χ4n) is 4.33. The summed E-state index contributed by atoms with van der Waals surface area (Å²) in [5.74, 6) is 0.0385. The molecule has 0 spiro atoms. The molecule has 1 aromatic heterocycles. The van der Waals surface area contributed by atoms with Crippen molar-refractivity contribution < 1.29 is 9.53 Å². The van der Waals surface area contributed by atoms with E-state index in [4.69, 9.17) is 10.1 Å². The number of H-pyrrole nitrogens is 1. The van der Waals surface area contributed by atoms with Crippen LogP contribution in [-0.4, -0.2) is 49.5 Å². The number of nitrogens with zero attached hydrogens (tertiary/aromatic N) is 1. The number of fused-ring (bicyclic) bond motifs is 1. The van der Waals surface area contributed by atoms with Crippen LogP contribution in [0, 0.1) is 11.3 Å². The van der Waals surface area contributed by atoms with E-state index in [1.165, 1.54) is 6.21 Å². The van der Waals surface area contributed by atoms with Gasteiger partial charge in [-0.15, -0.1) is 0 Å². The molecule has 1 saturated carbocycles. The summed E-state index contributed by atoms with van der Waals surface area (Å²) in [5.41, 5.74) is 3.64. The van der Waals surface area contributed by atoms with Crippen molar-refractivity contribution in [3.8, 4) is 0 Å². The van der Waals surface area contributed by atoms with Gasteiger partial charge >= 0.3 is 0 Å². The second-order valence-electron chi connectivity index (χ2n) is 7.68. The third kappa shape index (κ3) is 3.69. The third-order valence-electron chi connectivity index (χ3n) is 5.95. The lowest BCUT2D eigenvalue weighted by Crippen LogP contribution is -2.42. The number of carbonyl (C=O) groups excluding carboxylic acids is 1. The summed E-state index contributed by atoms with van der Waals surface area (Å²) < 4.78 is 5.45. The second-order valence-corrected chi connectivity index (χ2v) is 7.68. The first-order chi connectivity index (χ1) is 13.7. The number of hydrogen-bond donors (Lipinski definition) is 3. The van der Waals surface area contributed by atoms with Crippen molar-refractivity contribution in [2.45, 2.75) is 31.7 Å². The van der Waals surface area contributed by atoms with Gasteiger partial charge in [0.25, 0.3) is 5.91 Å². The average molecular weight is 380 g/mol. The number of anilines is 1. The lowest BCUT2D eigenvalue weighted by Gasteiger charge is -2.29. The lowest BCUT2D eigenvalue weighted by atomic mass is 9.85. The van der Waals surface area contributed by atoms with Crippen molar-refractivity contribution in [2.24, 2.45) is 5.92 Å². The predicted octanol–water partition coefficient (Wildman–Crippen LogP) is 3.59. The first-order valence-corrected chi connectivity index (χ1v) is 10.1. The van der Waals surface area contributed by atoms with Crippen LogP contribution in [0.15, 0.2) is 24.8 Å². The van der Waals surface area contributed by atoms with Gasteiger partial charge in [0.1, 0.15) is 5.69 Å². The van der Waals surface area contributed by atoms with Crippen molar-refractivity contribution in [1.29, 1.82) is 5.41 Å². The smallest absolute Gasteiger partial charge is 0.267 e. The van der Waals surface area contributed by atoms with Gasteiger partial charge in [0.05, 0.1) is 13.2 Å². The number of rotatable bonds is 5. The molecule has 1 aromatic carbocycles. The zero-order valence-corrected chi connectivity index (χ0v) is 16.2. The summed E-state index contributed by atoms with van der Waals surface area (Å²) in [4.78, 5) is 18.5. The monoisotopic (exact) mass is 380 g/mol. The van der Waals surface area contributed by atoms with Crippen LogP contribution in [0.4, 0.5) is 5.69 Å². The average Bonchev–Trinajstić information content (AvgIpc) is 3.18. The fraction of sp³-hybridized carbons (Fsp3) is 0.455. The number of aromatic nitrogens is 1. The topological polar surface area (TPSA) is 81.2 Å². The van der Waals surface area contributed by atoms with E-state index in [-0.39, 0.29) is 17.9 Å². The first-order valence-electron chi connectivity index (χ1n) is 10.1. The molecule has 2 heterocycles. The van der Waals surface area contributed by atoms with Gasteiger partial charge in [-0.2, -0.15) is 0 Å². The van der Waals surface area contributed by atoms with Gasteiger partial charge in [0.2, 0.25) is 0 Å². The van der Waals surface area contributed by atoms with Crippen molar-refractivity contribution >= 4 is 34.8 Å². The largest absolute Gasteiger partial charge is 0.378 e. The molecule has 1 aliphatic carbocycles. The van der Waals surface area contributed by atoms with E-state index in [1.807, 2.05) is 12.1 Å². The van der Waals surface area contributed by atoms with Crippen LogP contribution in [0.2, 0.25) is 0 Å². The van der Waals surface area contributed by atoms with Crippen LogP contribution < -0.4 is 10.2 Å². The van der Waals surface area contributed by atoms with Crippen molar-refractivity contribution in [3.05, 3.63) is 36.0 Å². The summed E-state index contributed by atoms with van der Waals surface area (Å²) in [6, 6.07) is 6.19. The van der Waals surface area contributed by atoms with Crippen LogP contribution >= 0.6 is 0 Å². The van der Waals surface area contributed by atoms with Crippen LogP contribution in [0.5, 0.6) is 0 Å². The van der Waals surface area contributed by atoms with E-state index in [1.54, 1.807) is 0 Å². The predicted molar refractivity (Wildman–Crippen MR) is 113 cm³/mol. The van der Waals surface area contributed by atoms with Gasteiger partial charge in [-0.25, -0.2) is 0 Å². The third-order valence-corrected chi connectivity index (χ3v) is 5.95. The highest BCUT2D eigenvalue weighted by Gasteiger charge is 2.26. The molecule has 0 radical (unpaired) electrons. The molecule has 2 atom stereocenters. The Labute approximate surface area is 165 Å². The Bertz CT molecular complexity index is 882. The highest BCUT2D eigenvalue weighted by Crippen LogP contribution is 2.29. The number of amides is 1. The summed E-state index contributed by atoms with van der Waals surface area (Å²) in [6.45, 7) is 7.14. The molecule has 1 amide bonds. The molecule has 1 saturated heterocycles. The van der Waals surface area contributed by atoms with Gasteiger partial charge in [-0.1, -0.05) is 25.5 Å². The number of benzene rings is 1. The van der Waals surface area contributed by atoms with E-state index in [0.717, 1.165) is 74.1 Å². The zero-order valence-electron chi connectivity index (χ0n) is 16.2. The number of aromatic amines is 1. The minimum Gasteiger partial charge on any atom is -0.378 e. The molecule has 3 N–H and O–H groups in total. The summed E-state index contributed by atoms with van der Waals surface area (Å²) in [6.07, 6.45) is 7.47. The first kappa shape index (κ1) is 18.7. The molecule has 2 aliphatic rings. The standard InChI is InChI=1S/C22H28N4O2/c1-2-15-11-17(26-7-9-28-10-8-26)12-20-18(15)13-21(24-20)22(27)25-19-6-4-3-5-16(19)14-23/h2,11-14,16,19,23-24H,1,3-10H2,(H,25,27)/t16-,19-/m1/s1. The van der Waals surface area contributed by atoms with Gasteiger partial charge in [0.15, 0.2) is 0 Å². The maximum Gasteiger partial charge on any atom is 0.267 e. The van der Waals surface area contributed by atoms with E-state index in [0.29, 0.717) is 5.69 Å². The summed E-state index contributed by atoms with van der Waals surface area (Å²) in [7, 11) is 0. The molecule has 6 heteroatoms. The van der Waals surface area contributed by atoms with Crippen LogP contribution in [-0.2, 0) is 4.74 Å². The molecule has 4 rings (SSSR count). The molecule has 6 nitrogen and oxygen atoms in total. The summed E-state index contributed by atoms with van der Waals surface area (Å²) >= 11 is 0. The maximum atomic E-state index is 12.9. The molecule has 1 aliphatic heterocycles. The van der Waals surface area contributed by atoms with Gasteiger partial charge in [-0.3, -0.25) is 4.79 Å². The number of ether oxygens (including phenoxy) is 1. The van der Waals surface area contributed by atoms with E-state index < -0.39 is 0 Å². The SMILES string of the molecule is C=Cc1cc(N2CCOCC2)cc2[nH]c(C(=O)N[C@@H]3CCCC[C@@H]3C=N)cc12. The molecule has 148 valence electrons. The van der Waals surface area contributed by atoms with Gasteiger partial charge in [0, 0.05) is 47.9 Å². The van der Waals surface area contributed by atoms with E-state index >= 15 is 0 Å². The fourth-order valence-corrected chi connectivity index (χ4v) is 4.33. The zero-order chi connectivity index (χ0) is 19.5. The summed E-state index contributed by atoms with van der Waals surface area (Å²) in [5, 5.41) is 11.8. The Hall–Kier alpha value is -2.60. The Morgan fingerprint density at radius 3 is 2.79 bits per heavy atom. The van der Waals surface area contributed by atoms with Gasteiger partial charge in [-0.05, 0) is 36.6 Å². The maximum absolute atomic E-state index is 12.9. The van der Waals surface area contributed by atoms with Gasteiger partial charge < -0.3 is 25.3 Å². The molecule has 2 aromatic rings. The Morgan fingerprint density at radius 2 is 2.04 bits per heavy atom. The highest BCUT2D eigenvalue weighted by atomic mass is 16.5. The number of nitrogens with one attached hydrogen (secondary N) is 3. The Morgan fingerprint density at radius 1 is 1.25 bits per heavy atom. The molecule has 0 bridgehead atoms. The van der Waals surface area contributed by atoms with Crippen molar-refractivity contribution in [2.75, 3.05) is 31.2 Å². The highest BCUT2D eigenvalue weighted by molar-refractivity contribution is 6.01. The van der Waals surface area contributed by atoms with Crippen LogP contribution in [0.25, 0.3) is 17.0 Å². The molecule has 0 unspecified atom stereocenters.